The van der Waals surface area contributed by atoms with Crippen molar-refractivity contribution in [3.05, 3.63) is 42.0 Å². The quantitative estimate of drug-likeness (QED) is 0.384. The molecule has 2 aromatic rings. The molecule has 0 bridgehead atoms. The maximum absolute atomic E-state index is 8.89. The van der Waals surface area contributed by atoms with Crippen molar-refractivity contribution < 1.29 is 5.21 Å². The summed E-state index contributed by atoms with van der Waals surface area (Å²) in [5.41, 5.74) is 7.66. The van der Waals surface area contributed by atoms with Crippen LogP contribution in [0, 0.1) is 0 Å². The molecule has 0 saturated carbocycles. The minimum Gasteiger partial charge on any atom is -0.409 e. The third-order valence-electron chi connectivity index (χ3n) is 3.33. The summed E-state index contributed by atoms with van der Waals surface area (Å²) in [5.74, 6) is 1.21. The fourth-order valence-corrected chi connectivity index (χ4v) is 2.70. The number of anilines is 1. The number of fused-ring (bicyclic) bond motifs is 1. The highest BCUT2D eigenvalue weighted by molar-refractivity contribution is 7.98. The first-order valence-electron chi connectivity index (χ1n) is 6.38. The Hall–Kier alpha value is -1.88. The highest BCUT2D eigenvalue weighted by atomic mass is 32.2. The zero-order chi connectivity index (χ0) is 14.5. The smallest absolute Gasteiger partial charge is 0.170 e. The van der Waals surface area contributed by atoms with Gasteiger partial charge < -0.3 is 15.8 Å². The molecule has 0 amide bonds. The van der Waals surface area contributed by atoms with Crippen LogP contribution in [0.4, 0.5) is 5.69 Å². The van der Waals surface area contributed by atoms with Gasteiger partial charge in [-0.15, -0.1) is 0 Å². The maximum atomic E-state index is 8.89. The number of benzene rings is 2. The van der Waals surface area contributed by atoms with Gasteiger partial charge in [-0.2, -0.15) is 11.8 Å². The van der Waals surface area contributed by atoms with E-state index in [0.717, 1.165) is 34.3 Å². The number of hydrogen-bond acceptors (Lipinski definition) is 4. The zero-order valence-corrected chi connectivity index (χ0v) is 12.5. The number of oxime groups is 1. The van der Waals surface area contributed by atoms with Crippen molar-refractivity contribution in [3.8, 4) is 0 Å². The second-order valence-electron chi connectivity index (χ2n) is 4.58. The summed E-state index contributed by atoms with van der Waals surface area (Å²) in [6, 6.07) is 12.0. The van der Waals surface area contributed by atoms with Gasteiger partial charge in [0.25, 0.3) is 0 Å². The van der Waals surface area contributed by atoms with Gasteiger partial charge in [-0.25, -0.2) is 0 Å². The van der Waals surface area contributed by atoms with Gasteiger partial charge in [0.2, 0.25) is 0 Å². The lowest BCUT2D eigenvalue weighted by Crippen LogP contribution is -2.21. The first kappa shape index (κ1) is 14.5. The van der Waals surface area contributed by atoms with E-state index in [2.05, 4.69) is 29.4 Å². The van der Waals surface area contributed by atoms with E-state index in [1.165, 1.54) is 0 Å². The van der Waals surface area contributed by atoms with Crippen LogP contribution < -0.4 is 10.6 Å². The zero-order valence-electron chi connectivity index (χ0n) is 11.7. The van der Waals surface area contributed by atoms with E-state index in [1.807, 2.05) is 42.1 Å². The molecule has 0 atom stereocenters. The molecular formula is C15H19N3OS. The molecule has 0 aliphatic carbocycles. The Morgan fingerprint density at radius 1 is 1.25 bits per heavy atom. The molecule has 5 heteroatoms. The van der Waals surface area contributed by atoms with Gasteiger partial charge in [0.05, 0.1) is 0 Å². The maximum Gasteiger partial charge on any atom is 0.170 e. The molecule has 106 valence electrons. The number of amidine groups is 1. The number of rotatable bonds is 5. The Labute approximate surface area is 123 Å². The summed E-state index contributed by atoms with van der Waals surface area (Å²) < 4.78 is 0. The average Bonchev–Trinajstić information content (AvgIpc) is 2.50. The molecule has 0 unspecified atom stereocenters. The van der Waals surface area contributed by atoms with Crippen molar-refractivity contribution in [3.63, 3.8) is 0 Å². The highest BCUT2D eigenvalue weighted by Crippen LogP contribution is 2.29. The summed E-state index contributed by atoms with van der Waals surface area (Å²) in [7, 11) is 2.08. The van der Waals surface area contributed by atoms with E-state index in [9.17, 15) is 0 Å². The Kier molecular flexibility index (Phi) is 4.74. The first-order chi connectivity index (χ1) is 9.69. The molecule has 0 aliphatic rings. The SMILES string of the molecule is CSCCN(C)c1ccc(/C(N)=N/O)c2ccccc12. The number of hydrogen-bond donors (Lipinski definition) is 2. The van der Waals surface area contributed by atoms with Gasteiger partial charge in [0.15, 0.2) is 5.84 Å². The molecular weight excluding hydrogens is 270 g/mol. The number of nitrogens with two attached hydrogens (primary N) is 1. The van der Waals surface area contributed by atoms with Gasteiger partial charge in [-0.3, -0.25) is 0 Å². The summed E-state index contributed by atoms with van der Waals surface area (Å²) in [4.78, 5) is 2.23. The van der Waals surface area contributed by atoms with Gasteiger partial charge in [0, 0.05) is 36.0 Å². The van der Waals surface area contributed by atoms with Gasteiger partial charge in [-0.1, -0.05) is 29.4 Å². The normalized spacial score (nSPS) is 11.8. The van der Waals surface area contributed by atoms with Crippen molar-refractivity contribution >= 4 is 34.1 Å². The van der Waals surface area contributed by atoms with E-state index < -0.39 is 0 Å². The van der Waals surface area contributed by atoms with E-state index in [0.29, 0.717) is 0 Å². The molecule has 2 aromatic carbocycles. The molecule has 4 nitrogen and oxygen atoms in total. The summed E-state index contributed by atoms with van der Waals surface area (Å²) in [6.45, 7) is 0.980. The van der Waals surface area contributed by atoms with Crippen LogP contribution in [0.3, 0.4) is 0 Å². The van der Waals surface area contributed by atoms with E-state index >= 15 is 0 Å². The minimum absolute atomic E-state index is 0.138. The largest absolute Gasteiger partial charge is 0.409 e. The second kappa shape index (κ2) is 6.52. The van der Waals surface area contributed by atoms with Gasteiger partial charge in [0.1, 0.15) is 0 Å². The van der Waals surface area contributed by atoms with Crippen molar-refractivity contribution in [2.45, 2.75) is 0 Å². The Bertz CT molecular complexity index is 628. The molecule has 3 N–H and O–H groups in total. The predicted octanol–water partition coefficient (Wildman–Crippen LogP) is 2.73. The van der Waals surface area contributed by atoms with Crippen molar-refractivity contribution in [1.82, 2.24) is 0 Å². The third-order valence-corrected chi connectivity index (χ3v) is 3.92. The molecule has 0 aromatic heterocycles. The van der Waals surface area contributed by atoms with Gasteiger partial charge >= 0.3 is 0 Å². The minimum atomic E-state index is 0.138. The molecule has 0 saturated heterocycles. The molecule has 0 aliphatic heterocycles. The molecule has 0 heterocycles. The van der Waals surface area contributed by atoms with E-state index in [1.54, 1.807) is 0 Å². The van der Waals surface area contributed by atoms with Crippen LogP contribution in [-0.4, -0.2) is 36.6 Å². The average molecular weight is 289 g/mol. The lowest BCUT2D eigenvalue weighted by Gasteiger charge is -2.21. The Morgan fingerprint density at radius 3 is 2.60 bits per heavy atom. The molecule has 20 heavy (non-hydrogen) atoms. The predicted molar refractivity (Wildman–Crippen MR) is 88.1 cm³/mol. The van der Waals surface area contributed by atoms with E-state index in [4.69, 9.17) is 10.9 Å². The first-order valence-corrected chi connectivity index (χ1v) is 7.78. The standard InChI is InChI=1S/C15H19N3OS/c1-18(9-10-20-2)14-8-7-13(15(16)17-19)11-5-3-4-6-12(11)14/h3-8,19H,9-10H2,1-2H3,(H2,16,17). The summed E-state index contributed by atoms with van der Waals surface area (Å²) in [5, 5.41) is 14.1. The molecule has 0 radical (unpaired) electrons. The highest BCUT2D eigenvalue weighted by Gasteiger charge is 2.11. The van der Waals surface area contributed by atoms with Crippen LogP contribution in [0.2, 0.25) is 0 Å². The summed E-state index contributed by atoms with van der Waals surface area (Å²) >= 11 is 1.83. The van der Waals surface area contributed by atoms with Crippen molar-refractivity contribution in [2.24, 2.45) is 10.9 Å². The van der Waals surface area contributed by atoms with Crippen LogP contribution in [0.5, 0.6) is 0 Å². The number of nitrogens with zero attached hydrogens (tertiary/aromatic N) is 2. The molecule has 0 fully saturated rings. The fourth-order valence-electron chi connectivity index (χ4n) is 2.24. The lowest BCUT2D eigenvalue weighted by molar-refractivity contribution is 0.318. The third kappa shape index (κ3) is 2.82. The van der Waals surface area contributed by atoms with Crippen LogP contribution in [0.1, 0.15) is 5.56 Å². The van der Waals surface area contributed by atoms with Crippen molar-refractivity contribution in [1.29, 1.82) is 0 Å². The lowest BCUT2D eigenvalue weighted by atomic mass is 10.0. The van der Waals surface area contributed by atoms with Crippen LogP contribution >= 0.6 is 11.8 Å². The summed E-state index contributed by atoms with van der Waals surface area (Å²) in [6.07, 6.45) is 2.10. The second-order valence-corrected chi connectivity index (χ2v) is 5.56. The van der Waals surface area contributed by atoms with Crippen LogP contribution in [0.25, 0.3) is 10.8 Å². The Morgan fingerprint density at radius 2 is 1.95 bits per heavy atom. The van der Waals surface area contributed by atoms with Crippen LogP contribution in [-0.2, 0) is 0 Å². The van der Waals surface area contributed by atoms with E-state index in [-0.39, 0.29) is 5.84 Å². The number of thioether (sulfide) groups is 1. The molecule has 2 rings (SSSR count). The topological polar surface area (TPSA) is 61.8 Å². The molecule has 0 spiro atoms. The fraction of sp³-hybridized carbons (Fsp3) is 0.267. The van der Waals surface area contributed by atoms with Crippen molar-refractivity contribution in [2.75, 3.05) is 30.5 Å². The van der Waals surface area contributed by atoms with Gasteiger partial charge in [-0.05, 0) is 23.8 Å². The Balaban J connectivity index is 2.54. The van der Waals surface area contributed by atoms with Crippen LogP contribution in [0.15, 0.2) is 41.6 Å². The monoisotopic (exact) mass is 289 g/mol.